The maximum absolute atomic E-state index is 13.4. The Bertz CT molecular complexity index is 1230. The zero-order valence-electron chi connectivity index (χ0n) is 19.3. The molecule has 1 aliphatic heterocycles. The van der Waals surface area contributed by atoms with Crippen LogP contribution in [0.5, 0.6) is 0 Å². The third kappa shape index (κ3) is 6.21. The van der Waals surface area contributed by atoms with Gasteiger partial charge < -0.3 is 14.6 Å². The fourth-order valence-electron chi connectivity index (χ4n) is 3.86. The van der Waals surface area contributed by atoms with Crippen molar-refractivity contribution in [3.63, 3.8) is 0 Å². The van der Waals surface area contributed by atoms with Gasteiger partial charge in [-0.05, 0) is 66.2 Å². The van der Waals surface area contributed by atoms with Crippen LogP contribution in [0, 0.1) is 28.8 Å². The second kappa shape index (κ2) is 11.4. The maximum Gasteiger partial charge on any atom is 0.242 e. The highest BCUT2D eigenvalue weighted by Crippen LogP contribution is 2.26. The lowest BCUT2D eigenvalue weighted by Gasteiger charge is -2.31. The molecule has 36 heavy (non-hydrogen) atoms. The van der Waals surface area contributed by atoms with Gasteiger partial charge in [0.15, 0.2) is 0 Å². The predicted molar refractivity (Wildman–Crippen MR) is 129 cm³/mol. The highest BCUT2D eigenvalue weighted by Gasteiger charge is 2.23. The van der Waals surface area contributed by atoms with Gasteiger partial charge in [-0.2, -0.15) is 5.26 Å². The summed E-state index contributed by atoms with van der Waals surface area (Å²) in [7, 11) is 0. The standard InChI is InChI=1S/C27H23F3N4O2/c28-21-2-6-24(7-3-21)34(25-8-4-22(29)5-9-25)17-27(35)33-13-11-23(12-14-33)32-36-18-19-1-10-26(30)20(15-19)16-31/h1-10,15H,11-14,17-18H2. The summed E-state index contributed by atoms with van der Waals surface area (Å²) in [6.45, 7) is 1.02. The van der Waals surface area contributed by atoms with E-state index in [2.05, 4.69) is 5.16 Å². The number of nitriles is 1. The molecule has 1 fully saturated rings. The van der Waals surface area contributed by atoms with Gasteiger partial charge in [-0.25, -0.2) is 13.2 Å². The van der Waals surface area contributed by atoms with Crippen molar-refractivity contribution >= 4 is 23.0 Å². The lowest BCUT2D eigenvalue weighted by molar-refractivity contribution is -0.129. The van der Waals surface area contributed by atoms with Crippen molar-refractivity contribution in [3.8, 4) is 6.07 Å². The molecule has 0 unspecified atom stereocenters. The molecule has 0 N–H and O–H groups in total. The average molecular weight is 493 g/mol. The first kappa shape index (κ1) is 24.8. The molecule has 0 saturated carbocycles. The van der Waals surface area contributed by atoms with Crippen molar-refractivity contribution in [1.82, 2.24) is 4.90 Å². The van der Waals surface area contributed by atoms with Gasteiger partial charge in [0, 0.05) is 37.3 Å². The van der Waals surface area contributed by atoms with E-state index in [-0.39, 0.29) is 36.3 Å². The summed E-state index contributed by atoms with van der Waals surface area (Å²) >= 11 is 0. The van der Waals surface area contributed by atoms with Gasteiger partial charge in [-0.15, -0.1) is 0 Å². The van der Waals surface area contributed by atoms with Crippen molar-refractivity contribution < 1.29 is 22.8 Å². The van der Waals surface area contributed by atoms with Crippen molar-refractivity contribution in [2.24, 2.45) is 5.16 Å². The van der Waals surface area contributed by atoms with Crippen LogP contribution < -0.4 is 4.90 Å². The summed E-state index contributed by atoms with van der Waals surface area (Å²) in [6, 6.07) is 17.5. The first-order valence-corrected chi connectivity index (χ1v) is 11.4. The van der Waals surface area contributed by atoms with Gasteiger partial charge in [0.1, 0.15) is 36.7 Å². The Labute approximate surface area is 206 Å². The summed E-state index contributed by atoms with van der Waals surface area (Å²) in [5.74, 6) is -1.49. The molecule has 0 bridgehead atoms. The molecule has 1 amide bonds. The first-order valence-electron chi connectivity index (χ1n) is 11.4. The lowest BCUT2D eigenvalue weighted by atomic mass is 10.1. The summed E-state index contributed by atoms with van der Waals surface area (Å²) in [5.41, 5.74) is 2.61. The Balaban J connectivity index is 1.35. The van der Waals surface area contributed by atoms with Crippen LogP contribution in [-0.4, -0.2) is 36.2 Å². The smallest absolute Gasteiger partial charge is 0.242 e. The van der Waals surface area contributed by atoms with Crippen molar-refractivity contribution in [2.75, 3.05) is 24.5 Å². The van der Waals surface area contributed by atoms with Crippen LogP contribution in [0.25, 0.3) is 0 Å². The Hall–Kier alpha value is -4.32. The number of rotatable bonds is 7. The number of likely N-dealkylation sites (tertiary alicyclic amines) is 1. The topological polar surface area (TPSA) is 68.9 Å². The quantitative estimate of drug-likeness (QED) is 0.419. The molecule has 1 heterocycles. The Morgan fingerprint density at radius 2 is 1.53 bits per heavy atom. The number of piperidine rings is 1. The van der Waals surface area contributed by atoms with Crippen LogP contribution >= 0.6 is 0 Å². The minimum atomic E-state index is -0.581. The van der Waals surface area contributed by atoms with Gasteiger partial charge in [0.25, 0.3) is 0 Å². The van der Waals surface area contributed by atoms with Gasteiger partial charge in [0.2, 0.25) is 5.91 Å². The van der Waals surface area contributed by atoms with Crippen molar-refractivity contribution in [1.29, 1.82) is 5.26 Å². The number of amides is 1. The number of hydrogen-bond acceptors (Lipinski definition) is 5. The zero-order chi connectivity index (χ0) is 25.5. The van der Waals surface area contributed by atoms with Gasteiger partial charge in [-0.3, -0.25) is 4.79 Å². The molecule has 0 atom stereocenters. The van der Waals surface area contributed by atoms with Crippen LogP contribution in [0.15, 0.2) is 71.9 Å². The van der Waals surface area contributed by atoms with E-state index in [0.29, 0.717) is 42.9 Å². The number of nitrogens with zero attached hydrogens (tertiary/aromatic N) is 4. The molecule has 4 rings (SSSR count). The number of carbonyl (C=O) groups is 1. The highest BCUT2D eigenvalue weighted by molar-refractivity contribution is 5.89. The number of anilines is 2. The van der Waals surface area contributed by atoms with E-state index in [1.54, 1.807) is 40.1 Å². The van der Waals surface area contributed by atoms with E-state index in [0.717, 1.165) is 5.71 Å². The Kier molecular flexibility index (Phi) is 7.85. The van der Waals surface area contributed by atoms with Gasteiger partial charge >= 0.3 is 0 Å². The van der Waals surface area contributed by atoms with Crippen LogP contribution in [0.4, 0.5) is 24.5 Å². The van der Waals surface area contributed by atoms with Crippen LogP contribution in [0.3, 0.4) is 0 Å². The molecule has 0 aliphatic carbocycles. The Morgan fingerprint density at radius 1 is 0.944 bits per heavy atom. The molecule has 1 aliphatic rings. The molecule has 3 aromatic rings. The number of hydrogen-bond donors (Lipinski definition) is 0. The fourth-order valence-corrected chi connectivity index (χ4v) is 3.86. The molecule has 184 valence electrons. The SMILES string of the molecule is N#Cc1cc(CON=C2CCN(C(=O)CN(c3ccc(F)cc3)c3ccc(F)cc3)CC2)ccc1F. The van der Waals surface area contributed by atoms with Crippen molar-refractivity contribution in [3.05, 3.63) is 95.3 Å². The lowest BCUT2D eigenvalue weighted by Crippen LogP contribution is -2.43. The maximum atomic E-state index is 13.4. The molecule has 0 spiro atoms. The van der Waals surface area contributed by atoms with Crippen LogP contribution in [0.2, 0.25) is 0 Å². The number of carbonyl (C=O) groups excluding carboxylic acids is 1. The monoisotopic (exact) mass is 492 g/mol. The number of benzene rings is 3. The zero-order valence-corrected chi connectivity index (χ0v) is 19.3. The van der Waals surface area contributed by atoms with E-state index < -0.39 is 5.82 Å². The fraction of sp³-hybridized carbons (Fsp3) is 0.222. The third-order valence-electron chi connectivity index (χ3n) is 5.84. The molecule has 0 aromatic heterocycles. The second-order valence-electron chi connectivity index (χ2n) is 8.28. The summed E-state index contributed by atoms with van der Waals surface area (Å²) in [4.78, 5) is 21.9. The van der Waals surface area contributed by atoms with Crippen molar-refractivity contribution in [2.45, 2.75) is 19.4 Å². The third-order valence-corrected chi connectivity index (χ3v) is 5.84. The molecule has 3 aromatic carbocycles. The molecule has 0 radical (unpaired) electrons. The summed E-state index contributed by atoms with van der Waals surface area (Å²) in [5, 5.41) is 13.1. The average Bonchev–Trinajstić information content (AvgIpc) is 2.90. The Morgan fingerprint density at radius 3 is 2.08 bits per heavy atom. The molecule has 1 saturated heterocycles. The number of oxime groups is 1. The predicted octanol–water partition coefficient (Wildman–Crippen LogP) is 5.31. The highest BCUT2D eigenvalue weighted by atomic mass is 19.1. The van der Waals surface area contributed by atoms with E-state index in [9.17, 15) is 18.0 Å². The van der Waals surface area contributed by atoms with E-state index in [1.165, 1.54) is 42.5 Å². The normalized spacial score (nSPS) is 13.2. The number of halogens is 3. The second-order valence-corrected chi connectivity index (χ2v) is 8.28. The van der Waals surface area contributed by atoms with Crippen LogP contribution in [0.1, 0.15) is 24.0 Å². The van der Waals surface area contributed by atoms with Gasteiger partial charge in [-0.1, -0.05) is 11.2 Å². The molecular weight excluding hydrogens is 469 g/mol. The largest absolute Gasteiger partial charge is 0.391 e. The summed E-state index contributed by atoms with van der Waals surface area (Å²) < 4.78 is 40.3. The van der Waals surface area contributed by atoms with E-state index >= 15 is 0 Å². The van der Waals surface area contributed by atoms with E-state index in [1.807, 2.05) is 0 Å². The molecule has 9 heteroatoms. The minimum Gasteiger partial charge on any atom is -0.391 e. The van der Waals surface area contributed by atoms with E-state index in [4.69, 9.17) is 10.1 Å². The van der Waals surface area contributed by atoms with Crippen LogP contribution in [-0.2, 0) is 16.2 Å². The molecular formula is C27H23F3N4O2. The molecule has 6 nitrogen and oxygen atoms in total. The first-order chi connectivity index (χ1) is 17.4. The summed E-state index contributed by atoms with van der Waals surface area (Å²) in [6.07, 6.45) is 1.07. The minimum absolute atomic E-state index is 0.00599. The van der Waals surface area contributed by atoms with Gasteiger partial charge in [0.05, 0.1) is 11.3 Å².